The maximum atomic E-state index is 12.3. The maximum Gasteiger partial charge on any atom is 0.412 e. The molecule has 1 aromatic carbocycles. The number of rotatable bonds is 5. The van der Waals surface area contributed by atoms with Crippen LogP contribution >= 0.6 is 0 Å². The smallest absolute Gasteiger partial charge is 0.412 e. The number of carbonyl (C=O) groups is 2. The second kappa shape index (κ2) is 8.36. The van der Waals surface area contributed by atoms with Crippen LogP contribution in [0, 0.1) is 0 Å². The van der Waals surface area contributed by atoms with Gasteiger partial charge in [-0.25, -0.2) is 9.59 Å². The minimum absolute atomic E-state index is 0.137. The number of alkyl carbamates (subject to hydrolysis) is 1. The predicted octanol–water partition coefficient (Wildman–Crippen LogP) is 3.94. The standard InChI is InChI=1S/C18H25NO4/c1-6-13(2)15(19-17(21)23-18(3,4)5)16(20)22-12-14-10-8-7-9-11-14/h7-11H,6,12H2,1-5H3,(H,19,21)/b15-13+. The van der Waals surface area contributed by atoms with E-state index in [1.807, 2.05) is 37.3 Å². The van der Waals surface area contributed by atoms with Crippen molar-refractivity contribution < 1.29 is 19.1 Å². The third-order valence-corrected chi connectivity index (χ3v) is 3.00. The number of hydrogen-bond acceptors (Lipinski definition) is 4. The minimum Gasteiger partial charge on any atom is -0.456 e. The van der Waals surface area contributed by atoms with Crippen molar-refractivity contribution in [3.8, 4) is 0 Å². The van der Waals surface area contributed by atoms with E-state index >= 15 is 0 Å². The Hall–Kier alpha value is -2.30. The zero-order chi connectivity index (χ0) is 17.5. The SMILES string of the molecule is CC/C(C)=C(/NC(=O)OC(C)(C)C)C(=O)OCc1ccccc1. The first-order chi connectivity index (χ1) is 10.7. The van der Waals surface area contributed by atoms with E-state index in [-0.39, 0.29) is 12.3 Å². The van der Waals surface area contributed by atoms with Gasteiger partial charge < -0.3 is 9.47 Å². The van der Waals surface area contributed by atoms with Crippen molar-refractivity contribution in [1.82, 2.24) is 5.32 Å². The average Bonchev–Trinajstić information content (AvgIpc) is 2.49. The van der Waals surface area contributed by atoms with E-state index in [4.69, 9.17) is 9.47 Å². The van der Waals surface area contributed by atoms with Crippen LogP contribution in [0.3, 0.4) is 0 Å². The van der Waals surface area contributed by atoms with E-state index in [0.717, 1.165) is 11.1 Å². The molecule has 1 N–H and O–H groups in total. The lowest BCUT2D eigenvalue weighted by Gasteiger charge is -2.20. The fourth-order valence-electron chi connectivity index (χ4n) is 1.71. The third kappa shape index (κ3) is 7.00. The lowest BCUT2D eigenvalue weighted by molar-refractivity contribution is -0.140. The summed E-state index contributed by atoms with van der Waals surface area (Å²) in [7, 11) is 0. The number of allylic oxidation sites excluding steroid dienone is 1. The van der Waals surface area contributed by atoms with Crippen molar-refractivity contribution in [3.63, 3.8) is 0 Å². The second-order valence-corrected chi connectivity index (χ2v) is 6.20. The fourth-order valence-corrected chi connectivity index (χ4v) is 1.71. The lowest BCUT2D eigenvalue weighted by atomic mass is 10.2. The molecule has 0 atom stereocenters. The van der Waals surface area contributed by atoms with Crippen molar-refractivity contribution in [1.29, 1.82) is 0 Å². The van der Waals surface area contributed by atoms with Gasteiger partial charge in [0.1, 0.15) is 17.9 Å². The molecule has 0 saturated heterocycles. The Bertz CT molecular complexity index is 570. The van der Waals surface area contributed by atoms with Gasteiger partial charge in [0.15, 0.2) is 0 Å². The molecule has 5 heteroatoms. The van der Waals surface area contributed by atoms with E-state index in [1.165, 1.54) is 0 Å². The molecule has 0 bridgehead atoms. The zero-order valence-electron chi connectivity index (χ0n) is 14.4. The largest absolute Gasteiger partial charge is 0.456 e. The topological polar surface area (TPSA) is 64.6 Å². The Morgan fingerprint density at radius 1 is 1.13 bits per heavy atom. The highest BCUT2D eigenvalue weighted by molar-refractivity contribution is 5.93. The van der Waals surface area contributed by atoms with E-state index in [2.05, 4.69) is 5.32 Å². The normalized spacial score (nSPS) is 12.2. The van der Waals surface area contributed by atoms with E-state index in [1.54, 1.807) is 27.7 Å². The van der Waals surface area contributed by atoms with E-state index < -0.39 is 17.7 Å². The van der Waals surface area contributed by atoms with E-state index in [9.17, 15) is 9.59 Å². The molecule has 1 aromatic rings. The first kappa shape index (κ1) is 18.7. The Kier molecular flexibility index (Phi) is 6.82. The van der Waals surface area contributed by atoms with Crippen LogP contribution in [0.4, 0.5) is 4.79 Å². The summed E-state index contributed by atoms with van der Waals surface area (Å²) in [6, 6.07) is 9.36. The average molecular weight is 319 g/mol. The Balaban J connectivity index is 2.75. The molecule has 0 aliphatic rings. The molecule has 0 fully saturated rings. The van der Waals surface area contributed by atoms with Crippen LogP contribution in [-0.4, -0.2) is 17.7 Å². The number of carbonyl (C=O) groups excluding carboxylic acids is 2. The minimum atomic E-state index is -0.669. The summed E-state index contributed by atoms with van der Waals surface area (Å²) >= 11 is 0. The number of ether oxygens (including phenoxy) is 2. The molecule has 23 heavy (non-hydrogen) atoms. The van der Waals surface area contributed by atoms with Crippen LogP contribution in [0.1, 0.15) is 46.6 Å². The molecule has 0 heterocycles. The van der Waals surface area contributed by atoms with Gasteiger partial charge in [0, 0.05) is 0 Å². The number of amides is 1. The molecule has 126 valence electrons. The first-order valence-corrected chi connectivity index (χ1v) is 7.63. The molecule has 1 rings (SSSR count). The molecule has 0 aliphatic carbocycles. The number of nitrogens with one attached hydrogen (secondary N) is 1. The van der Waals surface area contributed by atoms with Crippen molar-refractivity contribution in [2.24, 2.45) is 0 Å². The molecule has 0 radical (unpaired) electrons. The molecule has 5 nitrogen and oxygen atoms in total. The Labute approximate surface area is 137 Å². The van der Waals surface area contributed by atoms with Gasteiger partial charge in [0.25, 0.3) is 0 Å². The van der Waals surface area contributed by atoms with Gasteiger partial charge in [-0.1, -0.05) is 37.3 Å². The van der Waals surface area contributed by atoms with Crippen LogP contribution in [0.15, 0.2) is 41.6 Å². The van der Waals surface area contributed by atoms with Gasteiger partial charge >= 0.3 is 12.1 Å². The van der Waals surface area contributed by atoms with Gasteiger partial charge in [-0.3, -0.25) is 5.32 Å². The summed E-state index contributed by atoms with van der Waals surface area (Å²) in [5.41, 5.74) is 1.11. The third-order valence-electron chi connectivity index (χ3n) is 3.00. The summed E-state index contributed by atoms with van der Waals surface area (Å²) in [5.74, 6) is -0.570. The summed E-state index contributed by atoms with van der Waals surface area (Å²) in [6.45, 7) is 9.10. The van der Waals surface area contributed by atoms with Crippen LogP contribution in [0.25, 0.3) is 0 Å². The van der Waals surface area contributed by atoms with Crippen molar-refractivity contribution in [2.45, 2.75) is 53.2 Å². The monoisotopic (exact) mass is 319 g/mol. The van der Waals surface area contributed by atoms with E-state index in [0.29, 0.717) is 6.42 Å². The van der Waals surface area contributed by atoms with Gasteiger partial charge in [-0.2, -0.15) is 0 Å². The molecule has 0 unspecified atom stereocenters. The quantitative estimate of drug-likeness (QED) is 0.659. The van der Waals surface area contributed by atoms with Crippen molar-refractivity contribution in [3.05, 3.63) is 47.2 Å². The summed E-state index contributed by atoms with van der Waals surface area (Å²) in [4.78, 5) is 24.2. The zero-order valence-corrected chi connectivity index (χ0v) is 14.4. The lowest BCUT2D eigenvalue weighted by Crippen LogP contribution is -2.35. The first-order valence-electron chi connectivity index (χ1n) is 7.63. The highest BCUT2D eigenvalue weighted by atomic mass is 16.6. The molecular formula is C18H25NO4. The van der Waals surface area contributed by atoms with Gasteiger partial charge in [-0.05, 0) is 45.3 Å². The maximum absolute atomic E-state index is 12.3. The molecular weight excluding hydrogens is 294 g/mol. The molecule has 1 amide bonds. The number of benzene rings is 1. The van der Waals surface area contributed by atoms with Crippen LogP contribution in [0.5, 0.6) is 0 Å². The van der Waals surface area contributed by atoms with Crippen LogP contribution in [0.2, 0.25) is 0 Å². The molecule has 0 aromatic heterocycles. The predicted molar refractivity (Wildman–Crippen MR) is 88.6 cm³/mol. The summed E-state index contributed by atoms with van der Waals surface area (Å²) in [5, 5.41) is 2.50. The Morgan fingerprint density at radius 3 is 2.26 bits per heavy atom. The second-order valence-electron chi connectivity index (χ2n) is 6.20. The fraction of sp³-hybridized carbons (Fsp3) is 0.444. The van der Waals surface area contributed by atoms with Crippen LogP contribution < -0.4 is 5.32 Å². The van der Waals surface area contributed by atoms with Crippen molar-refractivity contribution >= 4 is 12.1 Å². The van der Waals surface area contributed by atoms with Gasteiger partial charge in [-0.15, -0.1) is 0 Å². The molecule has 0 spiro atoms. The summed E-state index contributed by atoms with van der Waals surface area (Å²) < 4.78 is 10.5. The van der Waals surface area contributed by atoms with Crippen LogP contribution in [-0.2, 0) is 20.9 Å². The van der Waals surface area contributed by atoms with Gasteiger partial charge in [0.05, 0.1) is 0 Å². The van der Waals surface area contributed by atoms with Crippen molar-refractivity contribution in [2.75, 3.05) is 0 Å². The molecule has 0 aliphatic heterocycles. The number of esters is 1. The Morgan fingerprint density at radius 2 is 1.74 bits per heavy atom. The highest BCUT2D eigenvalue weighted by Crippen LogP contribution is 2.12. The number of hydrogen-bond donors (Lipinski definition) is 1. The van der Waals surface area contributed by atoms with Gasteiger partial charge in [0.2, 0.25) is 0 Å². The summed E-state index contributed by atoms with van der Waals surface area (Å²) in [6.07, 6.45) is -0.0528. The molecule has 0 saturated carbocycles. The highest BCUT2D eigenvalue weighted by Gasteiger charge is 2.21.